The molecule has 1 aromatic carbocycles. The van der Waals surface area contributed by atoms with Crippen LogP contribution in [0.3, 0.4) is 0 Å². The van der Waals surface area contributed by atoms with Crippen molar-refractivity contribution in [1.29, 1.82) is 0 Å². The Hall–Kier alpha value is -2.93. The van der Waals surface area contributed by atoms with Crippen LogP contribution in [0.4, 0.5) is 0 Å². The van der Waals surface area contributed by atoms with Crippen molar-refractivity contribution in [3.8, 4) is 0 Å². The van der Waals surface area contributed by atoms with Gasteiger partial charge in [0.25, 0.3) is 5.91 Å². The summed E-state index contributed by atoms with van der Waals surface area (Å²) in [5.74, 6) is -0.166. The van der Waals surface area contributed by atoms with E-state index in [1.165, 1.54) is 6.07 Å². The Morgan fingerprint density at radius 1 is 1.31 bits per heavy atom. The van der Waals surface area contributed by atoms with E-state index in [0.717, 1.165) is 22.3 Å². The van der Waals surface area contributed by atoms with Gasteiger partial charge in [-0.1, -0.05) is 18.2 Å². The highest BCUT2D eigenvalue weighted by Crippen LogP contribution is 2.30. The van der Waals surface area contributed by atoms with Crippen LogP contribution in [0.1, 0.15) is 33.4 Å². The van der Waals surface area contributed by atoms with Crippen LogP contribution in [0.5, 0.6) is 0 Å². The number of hydrogen-bond acceptors (Lipinski definition) is 4. The quantitative estimate of drug-likeness (QED) is 0.739. The van der Waals surface area contributed by atoms with Crippen LogP contribution in [-0.4, -0.2) is 45.7 Å². The topological polar surface area (TPSA) is 91.1 Å². The molecule has 1 fully saturated rings. The van der Waals surface area contributed by atoms with E-state index in [2.05, 4.69) is 15.2 Å². The maximum atomic E-state index is 13.4. The van der Waals surface area contributed by atoms with Crippen LogP contribution >= 0.6 is 0 Å². The Balaban J connectivity index is 1.81. The first kappa shape index (κ1) is 16.5. The van der Waals surface area contributed by atoms with Gasteiger partial charge >= 0.3 is 0 Å². The second-order valence-corrected chi connectivity index (χ2v) is 6.53. The number of hydrogen-bond donors (Lipinski definition) is 2. The molecular formula is C19H20N4O3. The van der Waals surface area contributed by atoms with Gasteiger partial charge in [0.2, 0.25) is 5.56 Å². The van der Waals surface area contributed by atoms with Crippen LogP contribution in [0.25, 0.3) is 10.9 Å². The lowest BCUT2D eigenvalue weighted by Crippen LogP contribution is -2.44. The summed E-state index contributed by atoms with van der Waals surface area (Å²) < 4.78 is 5.64. The molecule has 3 aromatic rings. The van der Waals surface area contributed by atoms with E-state index in [1.807, 2.05) is 32.0 Å². The minimum absolute atomic E-state index is 0.166. The number of fused-ring (bicyclic) bond motifs is 1. The zero-order valence-corrected chi connectivity index (χ0v) is 14.7. The first-order valence-corrected chi connectivity index (χ1v) is 8.58. The van der Waals surface area contributed by atoms with Crippen LogP contribution in [0.15, 0.2) is 35.1 Å². The van der Waals surface area contributed by atoms with Gasteiger partial charge in [-0.05, 0) is 19.9 Å². The molecule has 0 spiro atoms. The Labute approximate surface area is 150 Å². The summed E-state index contributed by atoms with van der Waals surface area (Å²) in [4.78, 5) is 30.0. The Morgan fingerprint density at radius 2 is 2.12 bits per heavy atom. The first-order valence-electron chi connectivity index (χ1n) is 8.58. The Bertz CT molecular complexity index is 1020. The number of pyridine rings is 1. The van der Waals surface area contributed by atoms with E-state index in [4.69, 9.17) is 4.74 Å². The average Bonchev–Trinajstić information content (AvgIpc) is 2.98. The maximum Gasteiger partial charge on any atom is 0.255 e. The smallest absolute Gasteiger partial charge is 0.255 e. The molecule has 0 bridgehead atoms. The van der Waals surface area contributed by atoms with Crippen LogP contribution in [0, 0.1) is 13.8 Å². The molecule has 2 aromatic heterocycles. The van der Waals surface area contributed by atoms with E-state index >= 15 is 0 Å². The second kappa shape index (κ2) is 6.42. The highest BCUT2D eigenvalue weighted by Gasteiger charge is 2.33. The largest absolute Gasteiger partial charge is 0.377 e. The fourth-order valence-corrected chi connectivity index (χ4v) is 3.67. The standard InChI is InChI=1S/C19H20N4O3/c1-11-18(12(2)22-21-11)16-10-26-8-7-23(16)19(25)14-9-17(24)20-15-6-4-3-5-13(14)15/h3-6,9,16H,7-8,10H2,1-2H3,(H,20,24)(H,21,22). The number of nitrogens with zero attached hydrogens (tertiary/aromatic N) is 2. The zero-order chi connectivity index (χ0) is 18.3. The molecular weight excluding hydrogens is 332 g/mol. The second-order valence-electron chi connectivity index (χ2n) is 6.53. The van der Waals surface area contributed by atoms with Gasteiger partial charge in [0.15, 0.2) is 0 Å². The minimum Gasteiger partial charge on any atom is -0.377 e. The van der Waals surface area contributed by atoms with Gasteiger partial charge in [0.05, 0.1) is 30.5 Å². The van der Waals surface area contributed by atoms with Gasteiger partial charge < -0.3 is 14.6 Å². The number of aryl methyl sites for hydroxylation is 2. The van der Waals surface area contributed by atoms with Crippen LogP contribution in [0.2, 0.25) is 0 Å². The molecule has 0 aliphatic carbocycles. The zero-order valence-electron chi connectivity index (χ0n) is 14.7. The number of nitrogens with one attached hydrogen (secondary N) is 2. The summed E-state index contributed by atoms with van der Waals surface area (Å²) in [7, 11) is 0. The number of morpholine rings is 1. The molecule has 2 N–H and O–H groups in total. The molecule has 1 aliphatic rings. The number of aromatic nitrogens is 3. The fraction of sp³-hybridized carbons (Fsp3) is 0.316. The van der Waals surface area contributed by atoms with Gasteiger partial charge in [0, 0.05) is 34.8 Å². The normalized spacial score (nSPS) is 17.6. The molecule has 26 heavy (non-hydrogen) atoms. The number of ether oxygens (including phenoxy) is 1. The molecule has 0 saturated carbocycles. The first-order chi connectivity index (χ1) is 12.6. The van der Waals surface area contributed by atoms with Crippen molar-refractivity contribution in [1.82, 2.24) is 20.1 Å². The molecule has 7 nitrogen and oxygen atoms in total. The number of carbonyl (C=O) groups excluding carboxylic acids is 1. The van der Waals surface area contributed by atoms with Gasteiger partial charge in [-0.25, -0.2) is 0 Å². The summed E-state index contributed by atoms with van der Waals surface area (Å²) in [6.45, 7) is 5.20. The van der Waals surface area contributed by atoms with Gasteiger partial charge in [0.1, 0.15) is 0 Å². The van der Waals surface area contributed by atoms with Gasteiger partial charge in [-0.2, -0.15) is 5.10 Å². The third-order valence-electron chi connectivity index (χ3n) is 4.89. The van der Waals surface area contributed by atoms with E-state index in [0.29, 0.717) is 30.8 Å². The summed E-state index contributed by atoms with van der Waals surface area (Å²) in [6, 6.07) is 8.50. The van der Waals surface area contributed by atoms with Crippen molar-refractivity contribution in [2.24, 2.45) is 0 Å². The average molecular weight is 352 g/mol. The summed E-state index contributed by atoms with van der Waals surface area (Å²) >= 11 is 0. The fourth-order valence-electron chi connectivity index (χ4n) is 3.67. The van der Waals surface area contributed by atoms with Gasteiger partial charge in [-0.15, -0.1) is 0 Å². The molecule has 1 amide bonds. The molecule has 1 saturated heterocycles. The van der Waals surface area contributed by atoms with Gasteiger partial charge in [-0.3, -0.25) is 14.7 Å². The number of para-hydroxylation sites is 1. The molecule has 1 unspecified atom stereocenters. The summed E-state index contributed by atoms with van der Waals surface area (Å²) in [5, 5.41) is 7.96. The number of aromatic amines is 2. The molecule has 3 heterocycles. The highest BCUT2D eigenvalue weighted by molar-refractivity contribution is 6.06. The van der Waals surface area contributed by atoms with Crippen LogP contribution in [-0.2, 0) is 4.74 Å². The molecule has 134 valence electrons. The monoisotopic (exact) mass is 352 g/mol. The van der Waals surface area contributed by atoms with Crippen molar-refractivity contribution < 1.29 is 9.53 Å². The highest BCUT2D eigenvalue weighted by atomic mass is 16.5. The molecule has 0 radical (unpaired) electrons. The van der Waals surface area contributed by atoms with Crippen molar-refractivity contribution in [3.05, 3.63) is 63.2 Å². The maximum absolute atomic E-state index is 13.4. The minimum atomic E-state index is -0.285. The number of amides is 1. The predicted octanol–water partition coefficient (Wildman–Crippen LogP) is 2.08. The number of carbonyl (C=O) groups is 1. The predicted molar refractivity (Wildman–Crippen MR) is 97.2 cm³/mol. The SMILES string of the molecule is Cc1n[nH]c(C)c1C1COCCN1C(=O)c1cc(=O)[nH]c2ccccc12. The van der Waals surface area contributed by atoms with E-state index < -0.39 is 0 Å². The van der Waals surface area contributed by atoms with E-state index in [9.17, 15) is 9.59 Å². The Kier molecular flexibility index (Phi) is 4.08. The molecule has 7 heteroatoms. The third-order valence-corrected chi connectivity index (χ3v) is 4.89. The van der Waals surface area contributed by atoms with Crippen molar-refractivity contribution in [2.75, 3.05) is 19.8 Å². The summed E-state index contributed by atoms with van der Waals surface area (Å²) in [6.07, 6.45) is 0. The van der Waals surface area contributed by atoms with Crippen molar-refractivity contribution in [3.63, 3.8) is 0 Å². The lowest BCUT2D eigenvalue weighted by atomic mass is 10.0. The molecule has 1 aliphatic heterocycles. The summed E-state index contributed by atoms with van der Waals surface area (Å²) in [5.41, 5.74) is 3.54. The molecule has 1 atom stereocenters. The number of rotatable bonds is 2. The molecule has 4 rings (SSSR count). The van der Waals surface area contributed by atoms with Crippen LogP contribution < -0.4 is 5.56 Å². The lowest BCUT2D eigenvalue weighted by Gasteiger charge is -2.36. The number of H-pyrrole nitrogens is 2. The third kappa shape index (κ3) is 2.70. The van der Waals surface area contributed by atoms with Crippen molar-refractivity contribution in [2.45, 2.75) is 19.9 Å². The van der Waals surface area contributed by atoms with Crippen molar-refractivity contribution >= 4 is 16.8 Å². The lowest BCUT2D eigenvalue weighted by molar-refractivity contribution is -0.00291. The Morgan fingerprint density at radius 3 is 2.88 bits per heavy atom. The van der Waals surface area contributed by atoms with E-state index in [1.54, 1.807) is 11.0 Å². The van der Waals surface area contributed by atoms with E-state index in [-0.39, 0.29) is 17.5 Å². The number of benzene rings is 1.